The van der Waals surface area contributed by atoms with Gasteiger partial charge in [0.1, 0.15) is 0 Å². The molecule has 1 saturated heterocycles. The number of nitrogens with zero attached hydrogens (tertiary/aromatic N) is 4. The molecule has 116 valence electrons. The molecule has 2 atom stereocenters. The normalized spacial score (nSPS) is 23.9. The summed E-state index contributed by atoms with van der Waals surface area (Å²) in [5.74, 6) is 2.21. The number of ether oxygens (including phenoxy) is 1. The Labute approximate surface area is 126 Å². The SMILES string of the molecule is CCCNc1nc(OC(C)C)nc(N2CC3CCC2C3)n1. The second-order valence-corrected chi connectivity index (χ2v) is 6.32. The first-order valence-corrected chi connectivity index (χ1v) is 8.09. The molecule has 1 aliphatic carbocycles. The minimum atomic E-state index is 0.0642. The minimum Gasteiger partial charge on any atom is -0.461 e. The average Bonchev–Trinajstić information content (AvgIpc) is 3.06. The molecule has 0 amide bonds. The first-order chi connectivity index (χ1) is 10.2. The van der Waals surface area contributed by atoms with Gasteiger partial charge in [-0.1, -0.05) is 6.92 Å². The van der Waals surface area contributed by atoms with Crippen molar-refractivity contribution < 1.29 is 4.74 Å². The number of hydrogen-bond acceptors (Lipinski definition) is 6. The Bertz CT molecular complexity index is 493. The summed E-state index contributed by atoms with van der Waals surface area (Å²) in [5.41, 5.74) is 0. The van der Waals surface area contributed by atoms with Gasteiger partial charge in [-0.15, -0.1) is 0 Å². The molecule has 0 radical (unpaired) electrons. The lowest BCUT2D eigenvalue weighted by Gasteiger charge is -2.27. The topological polar surface area (TPSA) is 63.2 Å². The van der Waals surface area contributed by atoms with E-state index in [-0.39, 0.29) is 6.10 Å². The number of fused-ring (bicyclic) bond motifs is 2. The molecule has 1 aromatic rings. The van der Waals surface area contributed by atoms with Crippen LogP contribution in [-0.2, 0) is 0 Å². The summed E-state index contributed by atoms with van der Waals surface area (Å²) in [4.78, 5) is 15.8. The molecule has 21 heavy (non-hydrogen) atoms. The van der Waals surface area contributed by atoms with E-state index in [4.69, 9.17) is 4.74 Å². The summed E-state index contributed by atoms with van der Waals surface area (Å²) in [7, 11) is 0. The van der Waals surface area contributed by atoms with E-state index < -0.39 is 0 Å². The van der Waals surface area contributed by atoms with Crippen molar-refractivity contribution in [2.75, 3.05) is 23.3 Å². The average molecular weight is 291 g/mol. The summed E-state index contributed by atoms with van der Waals surface area (Å²) in [6, 6.07) is 1.03. The Kier molecular flexibility index (Phi) is 4.12. The van der Waals surface area contributed by atoms with Crippen molar-refractivity contribution >= 4 is 11.9 Å². The number of anilines is 2. The van der Waals surface area contributed by atoms with Crippen molar-refractivity contribution in [3.05, 3.63) is 0 Å². The van der Waals surface area contributed by atoms with Crippen LogP contribution in [0.4, 0.5) is 11.9 Å². The number of hydrogen-bond donors (Lipinski definition) is 1. The molecule has 0 aromatic carbocycles. The zero-order chi connectivity index (χ0) is 14.8. The molecule has 1 aliphatic heterocycles. The van der Waals surface area contributed by atoms with Crippen molar-refractivity contribution in [1.82, 2.24) is 15.0 Å². The zero-order valence-corrected chi connectivity index (χ0v) is 13.2. The van der Waals surface area contributed by atoms with E-state index in [2.05, 4.69) is 32.1 Å². The lowest BCUT2D eigenvalue weighted by molar-refractivity contribution is 0.222. The maximum atomic E-state index is 5.69. The highest BCUT2D eigenvalue weighted by Gasteiger charge is 2.39. The summed E-state index contributed by atoms with van der Waals surface area (Å²) in [6.45, 7) is 8.03. The Morgan fingerprint density at radius 1 is 1.29 bits per heavy atom. The number of aromatic nitrogens is 3. The Morgan fingerprint density at radius 3 is 2.76 bits per heavy atom. The Morgan fingerprint density at radius 2 is 2.14 bits per heavy atom. The molecule has 3 rings (SSSR count). The molecule has 2 bridgehead atoms. The van der Waals surface area contributed by atoms with Gasteiger partial charge in [-0.25, -0.2) is 0 Å². The van der Waals surface area contributed by atoms with Crippen LogP contribution in [0, 0.1) is 5.92 Å². The molecule has 6 nitrogen and oxygen atoms in total. The highest BCUT2D eigenvalue weighted by molar-refractivity contribution is 5.41. The van der Waals surface area contributed by atoms with Gasteiger partial charge in [-0.3, -0.25) is 0 Å². The van der Waals surface area contributed by atoms with Gasteiger partial charge in [-0.2, -0.15) is 15.0 Å². The highest BCUT2D eigenvalue weighted by Crippen LogP contribution is 2.39. The molecule has 1 N–H and O–H groups in total. The largest absolute Gasteiger partial charge is 0.461 e. The maximum Gasteiger partial charge on any atom is 0.323 e. The van der Waals surface area contributed by atoms with Crippen LogP contribution < -0.4 is 15.0 Å². The smallest absolute Gasteiger partial charge is 0.323 e. The van der Waals surface area contributed by atoms with Crippen molar-refractivity contribution in [3.63, 3.8) is 0 Å². The predicted molar refractivity (Wildman–Crippen MR) is 82.8 cm³/mol. The molecule has 2 unspecified atom stereocenters. The van der Waals surface area contributed by atoms with Crippen molar-refractivity contribution in [2.24, 2.45) is 5.92 Å². The first-order valence-electron chi connectivity index (χ1n) is 8.09. The van der Waals surface area contributed by atoms with Crippen LogP contribution in [0.3, 0.4) is 0 Å². The van der Waals surface area contributed by atoms with Gasteiger partial charge < -0.3 is 15.0 Å². The number of rotatable bonds is 6. The van der Waals surface area contributed by atoms with Crippen LogP contribution in [0.2, 0.25) is 0 Å². The summed E-state index contributed by atoms with van der Waals surface area (Å²) >= 11 is 0. The van der Waals surface area contributed by atoms with Crippen molar-refractivity contribution in [2.45, 2.75) is 58.6 Å². The highest BCUT2D eigenvalue weighted by atomic mass is 16.5. The summed E-state index contributed by atoms with van der Waals surface area (Å²) < 4.78 is 5.69. The third-order valence-corrected chi connectivity index (χ3v) is 4.14. The van der Waals surface area contributed by atoms with Gasteiger partial charge >= 0.3 is 6.01 Å². The predicted octanol–water partition coefficient (Wildman–Crippen LogP) is 2.47. The van der Waals surface area contributed by atoms with Crippen LogP contribution in [0.15, 0.2) is 0 Å². The number of nitrogens with one attached hydrogen (secondary N) is 1. The number of piperidine rings is 1. The monoisotopic (exact) mass is 291 g/mol. The van der Waals surface area contributed by atoms with E-state index in [9.17, 15) is 0 Å². The molecule has 1 saturated carbocycles. The maximum absolute atomic E-state index is 5.69. The van der Waals surface area contributed by atoms with E-state index in [0.29, 0.717) is 18.0 Å². The lowest BCUT2D eigenvalue weighted by Crippen LogP contribution is -2.33. The van der Waals surface area contributed by atoms with Gasteiger partial charge in [0, 0.05) is 19.1 Å². The minimum absolute atomic E-state index is 0.0642. The third-order valence-electron chi connectivity index (χ3n) is 4.14. The lowest BCUT2D eigenvalue weighted by atomic mass is 10.1. The Balaban J connectivity index is 1.83. The van der Waals surface area contributed by atoms with E-state index in [1.165, 1.54) is 19.3 Å². The molecule has 2 aliphatic rings. The molecule has 2 heterocycles. The fourth-order valence-electron chi connectivity index (χ4n) is 3.22. The van der Waals surface area contributed by atoms with Crippen LogP contribution in [-0.4, -0.2) is 40.2 Å². The van der Waals surface area contributed by atoms with Gasteiger partial charge in [0.05, 0.1) is 6.10 Å². The van der Waals surface area contributed by atoms with Crippen LogP contribution in [0.5, 0.6) is 6.01 Å². The molecule has 0 spiro atoms. The molecular weight excluding hydrogens is 266 g/mol. The molecular formula is C15H25N5O. The van der Waals surface area contributed by atoms with Crippen LogP contribution >= 0.6 is 0 Å². The molecule has 6 heteroatoms. The van der Waals surface area contributed by atoms with Crippen molar-refractivity contribution in [1.29, 1.82) is 0 Å². The summed E-state index contributed by atoms with van der Waals surface area (Å²) in [6.07, 6.45) is 4.99. The van der Waals surface area contributed by atoms with E-state index in [1.807, 2.05) is 13.8 Å². The van der Waals surface area contributed by atoms with Crippen molar-refractivity contribution in [3.8, 4) is 6.01 Å². The zero-order valence-electron chi connectivity index (χ0n) is 13.2. The fraction of sp³-hybridized carbons (Fsp3) is 0.800. The first kappa shape index (κ1) is 14.4. The second kappa shape index (κ2) is 6.03. The molecule has 2 fully saturated rings. The van der Waals surface area contributed by atoms with Crippen LogP contribution in [0.25, 0.3) is 0 Å². The van der Waals surface area contributed by atoms with Crippen LogP contribution in [0.1, 0.15) is 46.5 Å². The Hall–Kier alpha value is -1.59. The second-order valence-electron chi connectivity index (χ2n) is 6.32. The standard InChI is InChI=1S/C15H25N5O/c1-4-7-16-13-17-14(19-15(18-13)21-10(2)3)20-9-11-5-6-12(20)8-11/h10-12H,4-9H2,1-3H3,(H,16,17,18,19). The van der Waals surface area contributed by atoms with Gasteiger partial charge in [-0.05, 0) is 45.4 Å². The fourth-order valence-corrected chi connectivity index (χ4v) is 3.22. The third kappa shape index (κ3) is 3.19. The van der Waals surface area contributed by atoms with E-state index >= 15 is 0 Å². The quantitative estimate of drug-likeness (QED) is 0.868. The van der Waals surface area contributed by atoms with E-state index in [1.54, 1.807) is 0 Å². The summed E-state index contributed by atoms with van der Waals surface area (Å²) in [5, 5.41) is 3.25. The molecule has 1 aromatic heterocycles. The van der Waals surface area contributed by atoms with Gasteiger partial charge in [0.25, 0.3) is 0 Å². The van der Waals surface area contributed by atoms with Gasteiger partial charge in [0.2, 0.25) is 11.9 Å². The van der Waals surface area contributed by atoms with Gasteiger partial charge in [0.15, 0.2) is 0 Å². The van der Waals surface area contributed by atoms with E-state index in [0.717, 1.165) is 31.4 Å².